The zero-order chi connectivity index (χ0) is 15.0. The Kier molecular flexibility index (Phi) is 7.86. The highest BCUT2D eigenvalue weighted by molar-refractivity contribution is 5.09. The lowest BCUT2D eigenvalue weighted by Crippen LogP contribution is -2.14. The van der Waals surface area contributed by atoms with Crippen LogP contribution in [0.2, 0.25) is 0 Å². The second-order valence-corrected chi connectivity index (χ2v) is 5.81. The molecule has 0 saturated carbocycles. The van der Waals surface area contributed by atoms with E-state index in [1.165, 1.54) is 17.6 Å². The van der Waals surface area contributed by atoms with Gasteiger partial charge in [-0.3, -0.25) is 0 Å². The van der Waals surface area contributed by atoms with Crippen LogP contribution in [-0.2, 0) is 9.47 Å². The van der Waals surface area contributed by atoms with Gasteiger partial charge in [0, 0.05) is 13.5 Å². The average Bonchev–Trinajstić information content (AvgIpc) is 2.79. The molecule has 114 valence electrons. The first-order valence-corrected chi connectivity index (χ1v) is 7.74. The van der Waals surface area contributed by atoms with E-state index in [-0.39, 0.29) is 12.4 Å². The molecule has 0 aromatic rings. The van der Waals surface area contributed by atoms with Crippen LogP contribution in [0, 0.1) is 5.92 Å². The number of hydrogen-bond donors (Lipinski definition) is 0. The third-order valence-corrected chi connectivity index (χ3v) is 3.94. The zero-order valence-corrected chi connectivity index (χ0v) is 13.5. The summed E-state index contributed by atoms with van der Waals surface area (Å²) in [6, 6.07) is 0. The van der Waals surface area contributed by atoms with Gasteiger partial charge >= 0.3 is 0 Å². The highest BCUT2D eigenvalue weighted by Gasteiger charge is 2.33. The van der Waals surface area contributed by atoms with E-state index in [2.05, 4.69) is 39.5 Å². The van der Waals surface area contributed by atoms with Crippen LogP contribution in [0.15, 0.2) is 36.0 Å². The highest BCUT2D eigenvalue weighted by atomic mass is 16.7. The van der Waals surface area contributed by atoms with Gasteiger partial charge in [0.2, 0.25) is 0 Å². The van der Waals surface area contributed by atoms with Gasteiger partial charge in [0.05, 0.1) is 6.10 Å². The zero-order valence-electron chi connectivity index (χ0n) is 13.5. The molecule has 0 amide bonds. The van der Waals surface area contributed by atoms with Crippen molar-refractivity contribution in [2.24, 2.45) is 5.92 Å². The minimum absolute atomic E-state index is 0.0423. The Bertz CT molecular complexity index is 354. The monoisotopic (exact) mass is 278 g/mol. The van der Waals surface area contributed by atoms with Crippen LogP contribution in [0.3, 0.4) is 0 Å². The first-order valence-electron chi connectivity index (χ1n) is 7.74. The fourth-order valence-corrected chi connectivity index (χ4v) is 2.79. The van der Waals surface area contributed by atoms with Crippen LogP contribution in [0.1, 0.15) is 52.9 Å². The summed E-state index contributed by atoms with van der Waals surface area (Å²) in [5.41, 5.74) is 2.81. The summed E-state index contributed by atoms with van der Waals surface area (Å²) in [6.07, 6.45) is 12.0. The standard InChI is InChI=1S/C18H30O2/c1-6-8-14(3)10-11-16-13-18(19-5)20-17(16)12-15(4)9-7-2/h6,8,12,16-18H,1,7,9-11,13H2,2-5H3/b14-8+,15-12+/t16-,17+,18?/m0/s1. The molecule has 1 saturated heterocycles. The van der Waals surface area contributed by atoms with Crippen LogP contribution in [-0.4, -0.2) is 19.5 Å². The van der Waals surface area contributed by atoms with Gasteiger partial charge in [0.1, 0.15) is 0 Å². The molecule has 1 aliphatic heterocycles. The van der Waals surface area contributed by atoms with Crippen molar-refractivity contribution in [3.63, 3.8) is 0 Å². The number of allylic oxidation sites excluding steroid dienone is 4. The van der Waals surface area contributed by atoms with E-state index in [9.17, 15) is 0 Å². The van der Waals surface area contributed by atoms with Crippen molar-refractivity contribution in [3.05, 3.63) is 36.0 Å². The van der Waals surface area contributed by atoms with E-state index in [4.69, 9.17) is 9.47 Å². The molecule has 1 heterocycles. The van der Waals surface area contributed by atoms with Gasteiger partial charge in [-0.05, 0) is 39.0 Å². The maximum absolute atomic E-state index is 5.99. The lowest BCUT2D eigenvalue weighted by atomic mass is 9.92. The summed E-state index contributed by atoms with van der Waals surface area (Å²) in [6.45, 7) is 10.3. The molecule has 0 aromatic heterocycles. The topological polar surface area (TPSA) is 18.5 Å². The molecule has 1 unspecified atom stereocenters. The van der Waals surface area contributed by atoms with E-state index in [1.807, 2.05) is 6.08 Å². The third kappa shape index (κ3) is 5.64. The van der Waals surface area contributed by atoms with Crippen LogP contribution in [0.25, 0.3) is 0 Å². The van der Waals surface area contributed by atoms with Gasteiger partial charge in [-0.2, -0.15) is 0 Å². The van der Waals surface area contributed by atoms with Crippen molar-refractivity contribution in [2.45, 2.75) is 65.3 Å². The predicted molar refractivity (Wildman–Crippen MR) is 85.6 cm³/mol. The highest BCUT2D eigenvalue weighted by Crippen LogP contribution is 2.33. The van der Waals surface area contributed by atoms with Gasteiger partial charge in [0.25, 0.3) is 0 Å². The summed E-state index contributed by atoms with van der Waals surface area (Å²) in [7, 11) is 1.73. The summed E-state index contributed by atoms with van der Waals surface area (Å²) >= 11 is 0. The average molecular weight is 278 g/mol. The molecule has 2 nitrogen and oxygen atoms in total. The van der Waals surface area contributed by atoms with Crippen molar-refractivity contribution < 1.29 is 9.47 Å². The van der Waals surface area contributed by atoms with E-state index in [1.54, 1.807) is 7.11 Å². The minimum Gasteiger partial charge on any atom is -0.356 e. The molecule has 1 aliphatic rings. The molecule has 0 aromatic carbocycles. The molecule has 0 bridgehead atoms. The fraction of sp³-hybridized carbons (Fsp3) is 0.667. The normalized spacial score (nSPS) is 27.9. The minimum atomic E-state index is -0.0423. The van der Waals surface area contributed by atoms with Crippen LogP contribution in [0.4, 0.5) is 0 Å². The van der Waals surface area contributed by atoms with Crippen molar-refractivity contribution in [3.8, 4) is 0 Å². The predicted octanol–water partition coefficient (Wildman–Crippen LogP) is 5.02. The van der Waals surface area contributed by atoms with Crippen molar-refractivity contribution in [1.29, 1.82) is 0 Å². The maximum atomic E-state index is 5.99. The summed E-state index contributed by atoms with van der Waals surface area (Å²) in [4.78, 5) is 0. The summed E-state index contributed by atoms with van der Waals surface area (Å²) in [5.74, 6) is 0.555. The van der Waals surface area contributed by atoms with Crippen molar-refractivity contribution in [1.82, 2.24) is 0 Å². The summed E-state index contributed by atoms with van der Waals surface area (Å²) < 4.78 is 11.4. The van der Waals surface area contributed by atoms with E-state index in [0.29, 0.717) is 5.92 Å². The van der Waals surface area contributed by atoms with Gasteiger partial charge in [-0.1, -0.05) is 49.3 Å². The SMILES string of the molecule is C=C/C=C(\C)CC[C@H]1CC(OC)O[C@@H]1/C=C(\C)CCC. The lowest BCUT2D eigenvalue weighted by Gasteiger charge is -2.16. The fourth-order valence-electron chi connectivity index (χ4n) is 2.79. The van der Waals surface area contributed by atoms with Gasteiger partial charge in [-0.25, -0.2) is 0 Å². The van der Waals surface area contributed by atoms with Gasteiger partial charge in [-0.15, -0.1) is 0 Å². The second kappa shape index (κ2) is 9.15. The Labute approximate surface area is 124 Å². The van der Waals surface area contributed by atoms with E-state index >= 15 is 0 Å². The number of hydrogen-bond acceptors (Lipinski definition) is 2. The van der Waals surface area contributed by atoms with E-state index in [0.717, 1.165) is 25.7 Å². The van der Waals surface area contributed by atoms with Crippen LogP contribution in [0.5, 0.6) is 0 Å². The molecule has 20 heavy (non-hydrogen) atoms. The smallest absolute Gasteiger partial charge is 0.158 e. The van der Waals surface area contributed by atoms with Gasteiger partial charge in [0.15, 0.2) is 6.29 Å². The lowest BCUT2D eigenvalue weighted by molar-refractivity contribution is -0.105. The van der Waals surface area contributed by atoms with Crippen molar-refractivity contribution >= 4 is 0 Å². The molecule has 0 spiro atoms. The molecular formula is C18H30O2. The van der Waals surface area contributed by atoms with Crippen LogP contribution < -0.4 is 0 Å². The number of rotatable bonds is 8. The quantitative estimate of drug-likeness (QED) is 0.458. The summed E-state index contributed by atoms with van der Waals surface area (Å²) in [5, 5.41) is 0. The molecule has 1 fully saturated rings. The number of methoxy groups -OCH3 is 1. The first-order chi connectivity index (χ1) is 9.60. The Hall–Kier alpha value is -0.860. The van der Waals surface area contributed by atoms with Crippen molar-refractivity contribution in [2.75, 3.05) is 7.11 Å². The third-order valence-electron chi connectivity index (χ3n) is 3.94. The number of ether oxygens (including phenoxy) is 2. The molecule has 0 N–H and O–H groups in total. The second-order valence-electron chi connectivity index (χ2n) is 5.81. The Morgan fingerprint density at radius 2 is 2.05 bits per heavy atom. The molecule has 0 radical (unpaired) electrons. The Balaban J connectivity index is 2.62. The van der Waals surface area contributed by atoms with E-state index < -0.39 is 0 Å². The Morgan fingerprint density at radius 1 is 1.30 bits per heavy atom. The Morgan fingerprint density at radius 3 is 2.65 bits per heavy atom. The molecule has 1 rings (SSSR count). The molecule has 0 aliphatic carbocycles. The molecule has 2 heteroatoms. The molecular weight excluding hydrogens is 248 g/mol. The molecule has 3 atom stereocenters. The van der Waals surface area contributed by atoms with Gasteiger partial charge < -0.3 is 9.47 Å². The maximum Gasteiger partial charge on any atom is 0.158 e. The van der Waals surface area contributed by atoms with Crippen LogP contribution >= 0.6 is 0 Å². The largest absolute Gasteiger partial charge is 0.356 e. The first kappa shape index (κ1) is 17.2.